The van der Waals surface area contributed by atoms with Gasteiger partial charge in [0.25, 0.3) is 0 Å². The fraction of sp³-hybridized carbons (Fsp3) is 1.00. The fourth-order valence-corrected chi connectivity index (χ4v) is 0. The van der Waals surface area contributed by atoms with Crippen LogP contribution in [0.1, 0.15) is 13.8 Å². The molecule has 0 aromatic rings. The van der Waals surface area contributed by atoms with Crippen LogP contribution in [0.4, 0.5) is 0 Å². The summed E-state index contributed by atoms with van der Waals surface area (Å²) in [5, 5.41) is 10.1. The van der Waals surface area contributed by atoms with Crippen molar-refractivity contribution in [1.29, 1.82) is 0 Å². The largest absolute Gasteiger partial charge is 1.00 e. The van der Waals surface area contributed by atoms with Gasteiger partial charge in [0, 0.05) is 0 Å². The van der Waals surface area contributed by atoms with E-state index in [-0.39, 0.29) is 23.6 Å². The number of hydrogen-bond acceptors (Lipinski definition) is 1. The van der Waals surface area contributed by atoms with Gasteiger partial charge in [-0.3, -0.25) is 0 Å². The van der Waals surface area contributed by atoms with Crippen molar-refractivity contribution in [2.45, 2.75) is 19.1 Å². The number of halogens is 1. The van der Waals surface area contributed by atoms with Gasteiger partial charge in [-0.1, -0.05) is 6.92 Å². The molecule has 0 unspecified atom stereocenters. The molecule has 0 heterocycles. The van der Waals surface area contributed by atoms with Crippen LogP contribution in [0.15, 0.2) is 0 Å². The maximum Gasteiger partial charge on any atom is -1.00 e. The second-order valence-corrected chi connectivity index (χ2v) is 1.51. The maximum absolute atomic E-state index is 8.93. The maximum atomic E-state index is 8.93. The summed E-state index contributed by atoms with van der Waals surface area (Å²) in [6.45, 7) is 3.66. The molecule has 0 radical (unpaired) electrons. The topological polar surface area (TPSA) is 23.1 Å². The number of hydrogen-bond donors (Lipinski definition) is 0. The smallest absolute Gasteiger partial charge is 1.00 e. The van der Waals surface area contributed by atoms with E-state index in [9.17, 15) is 0 Å². The first kappa shape index (κ1) is 15.7. The molecule has 0 saturated heterocycles. The van der Waals surface area contributed by atoms with Crippen molar-refractivity contribution in [2.75, 3.05) is 6.61 Å². The summed E-state index contributed by atoms with van der Waals surface area (Å²) in [6.07, 6.45) is 0. The van der Waals surface area contributed by atoms with E-state index in [1.807, 2.05) is 0 Å². The van der Waals surface area contributed by atoms with Crippen molar-refractivity contribution in [3.05, 3.63) is 0 Å². The molecule has 0 aliphatic carbocycles. The molecule has 0 fully saturated rings. The summed E-state index contributed by atoms with van der Waals surface area (Å²) in [4.78, 5) is 0. The van der Waals surface area contributed by atoms with Crippen LogP contribution >= 0.6 is 0 Å². The van der Waals surface area contributed by atoms with Crippen molar-refractivity contribution >= 4 is 16.3 Å². The standard InChI is InChI=1S/C2H5O.C2H5.Al.BrH/c1-2-3;1-2;;/h2H2,1H3;1H2,2H3;;1H/q-1;;+2;/p-1. The van der Waals surface area contributed by atoms with Gasteiger partial charge in [-0.25, -0.2) is 0 Å². The Balaban J connectivity index is -0.0000000400. The zero-order chi connectivity index (χ0) is 5.41. The quantitative estimate of drug-likeness (QED) is 0.364. The molecule has 0 spiro atoms. The molecule has 3 heteroatoms. The monoisotopic (exact) mass is 180 g/mol. The third-order valence-electron chi connectivity index (χ3n) is 0. The Labute approximate surface area is 64.3 Å². The molecule has 7 heavy (non-hydrogen) atoms. The summed E-state index contributed by atoms with van der Waals surface area (Å²) in [7, 11) is 0. The van der Waals surface area contributed by atoms with Gasteiger partial charge in [0.15, 0.2) is 0 Å². The van der Waals surface area contributed by atoms with Crippen molar-refractivity contribution in [2.24, 2.45) is 0 Å². The number of rotatable bonds is 0. The second-order valence-electron chi connectivity index (χ2n) is 0.697. The second kappa shape index (κ2) is 28.1. The van der Waals surface area contributed by atoms with E-state index in [0.717, 1.165) is 0 Å². The van der Waals surface area contributed by atoms with Crippen LogP contribution in [0.25, 0.3) is 0 Å². The third-order valence-corrected chi connectivity index (χ3v) is 0. The molecule has 0 aliphatic heterocycles. The first-order valence-electron chi connectivity index (χ1n) is 2.11. The Morgan fingerprint density at radius 3 is 1.43 bits per heavy atom. The Morgan fingerprint density at radius 2 is 1.43 bits per heavy atom. The molecule has 0 N–H and O–H groups in total. The Kier molecular flexibility index (Phi) is 63.0. The van der Waals surface area contributed by atoms with E-state index < -0.39 is 0 Å². The van der Waals surface area contributed by atoms with Crippen LogP contribution in [0.5, 0.6) is 0 Å². The van der Waals surface area contributed by atoms with Gasteiger partial charge in [-0.2, -0.15) is 0 Å². The third kappa shape index (κ3) is 182. The minimum absolute atomic E-state index is 0. The van der Waals surface area contributed by atoms with Crippen molar-refractivity contribution in [1.82, 2.24) is 0 Å². The predicted molar refractivity (Wildman–Crippen MR) is 26.8 cm³/mol. The zero-order valence-corrected chi connectivity index (χ0v) is 7.52. The van der Waals surface area contributed by atoms with Crippen LogP contribution in [-0.4, -0.2) is 22.9 Å². The molecular weight excluding hydrogens is 171 g/mol. The molecule has 0 bridgehead atoms. The minimum atomic E-state index is 0. The van der Waals surface area contributed by atoms with Crippen LogP contribution in [0.3, 0.4) is 0 Å². The summed E-state index contributed by atoms with van der Waals surface area (Å²) < 4.78 is 0. The molecule has 0 rings (SSSR count). The fourth-order valence-electron chi connectivity index (χ4n) is 0. The first-order valence-corrected chi connectivity index (χ1v) is 2.93. The van der Waals surface area contributed by atoms with E-state index in [2.05, 4.69) is 23.2 Å². The van der Waals surface area contributed by atoms with Gasteiger partial charge >= 0.3 is 28.5 Å². The molecule has 0 aromatic heterocycles. The van der Waals surface area contributed by atoms with E-state index in [1.165, 1.54) is 5.28 Å². The normalized spacial score (nSPS) is 5.29. The van der Waals surface area contributed by atoms with Crippen LogP contribution in [-0.2, 0) is 0 Å². The summed E-state index contributed by atoms with van der Waals surface area (Å²) in [6, 6.07) is 0. The van der Waals surface area contributed by atoms with Crippen molar-refractivity contribution < 1.29 is 22.1 Å². The van der Waals surface area contributed by atoms with E-state index >= 15 is 0 Å². The van der Waals surface area contributed by atoms with Gasteiger partial charge in [0.2, 0.25) is 0 Å². The van der Waals surface area contributed by atoms with Crippen molar-refractivity contribution in [3.8, 4) is 0 Å². The van der Waals surface area contributed by atoms with Gasteiger partial charge in [-0.05, 0) is 0 Å². The van der Waals surface area contributed by atoms with E-state index in [1.54, 1.807) is 6.92 Å². The first-order chi connectivity index (χ1) is 2.83. The Bertz CT molecular complexity index is 13.7. The Hall–Kier alpha value is 0.972. The average Bonchev–Trinajstić information content (AvgIpc) is 1.39. The molecule has 1 nitrogen and oxygen atoms in total. The predicted octanol–water partition coefficient (Wildman–Crippen LogP) is -3.04. The molecular formula is C4H10AlBrO. The van der Waals surface area contributed by atoms with Crippen LogP contribution in [0.2, 0.25) is 5.28 Å². The molecule has 0 saturated carbocycles. The van der Waals surface area contributed by atoms with Crippen LogP contribution in [0, 0.1) is 0 Å². The van der Waals surface area contributed by atoms with Gasteiger partial charge in [-0.15, -0.1) is 6.61 Å². The zero-order valence-electron chi connectivity index (χ0n) is 4.78. The molecule has 0 aliphatic rings. The molecule has 0 amide bonds. The van der Waals surface area contributed by atoms with E-state index in [0.29, 0.717) is 0 Å². The summed E-state index contributed by atoms with van der Waals surface area (Å²) >= 11 is 2.58. The van der Waals surface area contributed by atoms with E-state index in [4.69, 9.17) is 5.11 Å². The van der Waals surface area contributed by atoms with Crippen LogP contribution < -0.4 is 22.1 Å². The molecule has 42 valence electrons. The minimum Gasteiger partial charge on any atom is -1.00 e. The summed E-state index contributed by atoms with van der Waals surface area (Å²) in [5.41, 5.74) is 0. The molecule has 0 atom stereocenters. The average molecular weight is 181 g/mol. The Morgan fingerprint density at radius 1 is 1.43 bits per heavy atom. The van der Waals surface area contributed by atoms with Gasteiger partial charge in [0.05, 0.1) is 0 Å². The molecule has 0 aromatic carbocycles. The summed E-state index contributed by atoms with van der Waals surface area (Å²) in [5.74, 6) is 0. The van der Waals surface area contributed by atoms with Crippen molar-refractivity contribution in [3.63, 3.8) is 0 Å². The SMILES string of the molecule is CC[O-].C[CH2][Al+2].[Br-]. The van der Waals surface area contributed by atoms with Gasteiger partial charge in [0.1, 0.15) is 0 Å². The van der Waals surface area contributed by atoms with Gasteiger partial charge < -0.3 is 22.1 Å².